The lowest BCUT2D eigenvalue weighted by molar-refractivity contribution is -0.135. The van der Waals surface area contributed by atoms with E-state index in [4.69, 9.17) is 10.5 Å². The van der Waals surface area contributed by atoms with E-state index < -0.39 is 23.7 Å². The lowest BCUT2D eigenvalue weighted by Crippen LogP contribution is -2.39. The largest absolute Gasteiger partial charge is 0.462 e. The molecule has 0 fully saturated rings. The van der Waals surface area contributed by atoms with Crippen molar-refractivity contribution in [2.75, 3.05) is 17.7 Å². The van der Waals surface area contributed by atoms with Gasteiger partial charge in [0.2, 0.25) is 0 Å². The number of benzene rings is 2. The Labute approximate surface area is 162 Å². The number of esters is 1. The average Bonchev–Trinajstić information content (AvgIpc) is 2.68. The first-order chi connectivity index (χ1) is 13.4. The number of rotatable bonds is 6. The fourth-order valence-corrected chi connectivity index (χ4v) is 2.20. The molecule has 0 aromatic heterocycles. The number of hydrogen-bond donors (Lipinski definition) is 3. The molecule has 0 unspecified atom stereocenters. The molecule has 0 radical (unpaired) electrons. The Morgan fingerprint density at radius 3 is 2.32 bits per heavy atom. The van der Waals surface area contributed by atoms with Gasteiger partial charge in [0.25, 0.3) is 5.91 Å². The Hall–Kier alpha value is -3.68. The molecule has 4 N–H and O–H groups in total. The molecule has 146 valence electrons. The van der Waals surface area contributed by atoms with Crippen LogP contribution in [0.3, 0.4) is 0 Å². The van der Waals surface area contributed by atoms with Crippen molar-refractivity contribution in [3.63, 3.8) is 0 Å². The van der Waals surface area contributed by atoms with Gasteiger partial charge in [-0.05, 0) is 42.8 Å². The molecular weight excluding hydrogens is 362 g/mol. The third-order valence-electron chi connectivity index (χ3n) is 3.73. The number of ether oxygens (including phenoxy) is 1. The van der Waals surface area contributed by atoms with Crippen LogP contribution in [0.1, 0.15) is 40.5 Å². The smallest absolute Gasteiger partial charge is 0.340 e. The molecule has 0 heterocycles. The molecule has 8 heteroatoms. The van der Waals surface area contributed by atoms with Crippen LogP contribution in [0, 0.1) is 0 Å². The molecule has 0 aliphatic heterocycles. The fourth-order valence-electron chi connectivity index (χ4n) is 2.20. The predicted molar refractivity (Wildman–Crippen MR) is 104 cm³/mol. The number of para-hydroxylation sites is 1. The number of nitrogen functional groups attached to an aromatic ring is 1. The molecule has 0 atom stereocenters. The molecule has 8 nitrogen and oxygen atoms in total. The second-order valence-corrected chi connectivity index (χ2v) is 5.89. The van der Waals surface area contributed by atoms with E-state index in [9.17, 15) is 19.2 Å². The van der Waals surface area contributed by atoms with E-state index in [1.54, 1.807) is 12.1 Å². The van der Waals surface area contributed by atoms with Gasteiger partial charge in [-0.1, -0.05) is 25.5 Å². The molecule has 2 rings (SSSR count). The Balaban J connectivity index is 2.02. The summed E-state index contributed by atoms with van der Waals surface area (Å²) in [6.07, 6.45) is 1.59. The zero-order chi connectivity index (χ0) is 20.5. The molecule has 2 aromatic carbocycles. The van der Waals surface area contributed by atoms with Crippen LogP contribution in [0.2, 0.25) is 0 Å². The van der Waals surface area contributed by atoms with E-state index in [2.05, 4.69) is 5.32 Å². The third kappa shape index (κ3) is 5.66. The van der Waals surface area contributed by atoms with Crippen molar-refractivity contribution in [3.05, 3.63) is 59.7 Å². The molecule has 0 saturated carbocycles. The first-order valence-electron chi connectivity index (χ1n) is 8.70. The van der Waals surface area contributed by atoms with Gasteiger partial charge in [-0.15, -0.1) is 0 Å². The molecule has 0 bridgehead atoms. The van der Waals surface area contributed by atoms with E-state index in [1.807, 2.05) is 12.2 Å². The molecule has 28 heavy (non-hydrogen) atoms. The van der Waals surface area contributed by atoms with Gasteiger partial charge in [0.15, 0.2) is 0 Å². The van der Waals surface area contributed by atoms with Crippen molar-refractivity contribution in [2.24, 2.45) is 0 Å². The summed E-state index contributed by atoms with van der Waals surface area (Å²) in [5.41, 5.74) is 6.41. The molecule has 0 saturated heterocycles. The van der Waals surface area contributed by atoms with Gasteiger partial charge in [-0.3, -0.25) is 19.7 Å². The second kappa shape index (κ2) is 9.86. The summed E-state index contributed by atoms with van der Waals surface area (Å²) in [6, 6.07) is 12.0. The van der Waals surface area contributed by atoms with Crippen molar-refractivity contribution < 1.29 is 23.9 Å². The van der Waals surface area contributed by atoms with Crippen molar-refractivity contribution in [1.82, 2.24) is 5.32 Å². The van der Waals surface area contributed by atoms with Crippen LogP contribution in [0.15, 0.2) is 48.5 Å². The number of hydrogen-bond acceptors (Lipinski definition) is 6. The minimum atomic E-state index is -1.16. The second-order valence-electron chi connectivity index (χ2n) is 5.89. The molecule has 0 aliphatic carbocycles. The topological polar surface area (TPSA) is 128 Å². The highest BCUT2D eigenvalue weighted by molar-refractivity contribution is 6.42. The van der Waals surface area contributed by atoms with Gasteiger partial charge >= 0.3 is 17.8 Å². The highest BCUT2D eigenvalue weighted by Crippen LogP contribution is 2.16. The van der Waals surface area contributed by atoms with Crippen LogP contribution < -0.4 is 16.4 Å². The van der Waals surface area contributed by atoms with E-state index in [-0.39, 0.29) is 23.4 Å². The van der Waals surface area contributed by atoms with E-state index in [1.165, 1.54) is 36.4 Å². The lowest BCUT2D eigenvalue weighted by atomic mass is 10.1. The summed E-state index contributed by atoms with van der Waals surface area (Å²) in [7, 11) is 0. The maximum atomic E-state index is 12.1. The first kappa shape index (κ1) is 20.6. The van der Waals surface area contributed by atoms with Gasteiger partial charge in [0.1, 0.15) is 0 Å². The van der Waals surface area contributed by atoms with Gasteiger partial charge in [-0.25, -0.2) is 4.79 Å². The van der Waals surface area contributed by atoms with Crippen LogP contribution in [0.5, 0.6) is 0 Å². The van der Waals surface area contributed by atoms with Gasteiger partial charge in [0.05, 0.1) is 17.9 Å². The highest BCUT2D eigenvalue weighted by Gasteiger charge is 2.21. The van der Waals surface area contributed by atoms with Crippen LogP contribution in [0.25, 0.3) is 0 Å². The van der Waals surface area contributed by atoms with Crippen LogP contribution in [-0.4, -0.2) is 30.3 Å². The predicted octanol–water partition coefficient (Wildman–Crippen LogP) is 2.12. The number of unbranched alkanes of at least 4 members (excludes halogenated alkanes) is 1. The number of imide groups is 1. The standard InChI is InChI=1S/C20H21N3O5/c1-2-3-12-28-20(27)15-6-4-5-7-16(15)22-18(25)19(26)23-17(24)13-8-10-14(21)11-9-13/h4-11H,2-3,12,21H2,1H3,(H,22,25)(H,23,24,26). The van der Waals surface area contributed by atoms with Crippen molar-refractivity contribution in [1.29, 1.82) is 0 Å². The summed E-state index contributed by atoms with van der Waals surface area (Å²) in [6.45, 7) is 2.22. The molecule has 2 aromatic rings. The number of anilines is 2. The Morgan fingerprint density at radius 1 is 0.964 bits per heavy atom. The van der Waals surface area contributed by atoms with Gasteiger partial charge in [0, 0.05) is 11.3 Å². The van der Waals surface area contributed by atoms with Gasteiger partial charge < -0.3 is 15.8 Å². The zero-order valence-corrected chi connectivity index (χ0v) is 15.4. The Kier molecular flexibility index (Phi) is 7.27. The van der Waals surface area contributed by atoms with Crippen LogP contribution in [-0.2, 0) is 14.3 Å². The number of nitrogens with two attached hydrogens (primary N) is 1. The molecule has 0 spiro atoms. The van der Waals surface area contributed by atoms with Gasteiger partial charge in [-0.2, -0.15) is 0 Å². The van der Waals surface area contributed by atoms with E-state index in [0.29, 0.717) is 5.69 Å². The van der Waals surface area contributed by atoms with Crippen LogP contribution >= 0.6 is 0 Å². The SMILES string of the molecule is CCCCOC(=O)c1ccccc1NC(=O)C(=O)NC(=O)c1ccc(N)cc1. The quantitative estimate of drug-likeness (QED) is 0.303. The minimum absolute atomic E-state index is 0.115. The first-order valence-corrected chi connectivity index (χ1v) is 8.70. The minimum Gasteiger partial charge on any atom is -0.462 e. The normalized spacial score (nSPS) is 10.0. The number of carbonyl (C=O) groups excluding carboxylic acids is 4. The van der Waals surface area contributed by atoms with E-state index in [0.717, 1.165) is 12.8 Å². The van der Waals surface area contributed by atoms with Crippen molar-refractivity contribution >= 4 is 35.1 Å². The monoisotopic (exact) mass is 383 g/mol. The maximum absolute atomic E-state index is 12.1. The molecule has 0 aliphatic rings. The maximum Gasteiger partial charge on any atom is 0.340 e. The summed E-state index contributed by atoms with van der Waals surface area (Å²) in [5.74, 6) is -3.59. The summed E-state index contributed by atoms with van der Waals surface area (Å²) >= 11 is 0. The fraction of sp³-hybridized carbons (Fsp3) is 0.200. The summed E-state index contributed by atoms with van der Waals surface area (Å²) in [5, 5.41) is 4.30. The Bertz CT molecular complexity index is 878. The molecule has 3 amide bonds. The third-order valence-corrected chi connectivity index (χ3v) is 3.73. The average molecular weight is 383 g/mol. The van der Waals surface area contributed by atoms with E-state index >= 15 is 0 Å². The summed E-state index contributed by atoms with van der Waals surface area (Å²) < 4.78 is 5.13. The number of carbonyl (C=O) groups is 4. The van der Waals surface area contributed by atoms with Crippen molar-refractivity contribution in [2.45, 2.75) is 19.8 Å². The summed E-state index contributed by atoms with van der Waals surface area (Å²) in [4.78, 5) is 48.3. The lowest BCUT2D eigenvalue weighted by Gasteiger charge is -2.10. The number of amides is 3. The van der Waals surface area contributed by atoms with Crippen LogP contribution in [0.4, 0.5) is 11.4 Å². The zero-order valence-electron chi connectivity index (χ0n) is 15.4. The highest BCUT2D eigenvalue weighted by atomic mass is 16.5. The Morgan fingerprint density at radius 2 is 1.64 bits per heavy atom. The van der Waals surface area contributed by atoms with Crippen molar-refractivity contribution in [3.8, 4) is 0 Å². The molecular formula is C20H21N3O5. The number of nitrogens with one attached hydrogen (secondary N) is 2.